The number of rotatable bonds is 5. The van der Waals surface area contributed by atoms with Crippen LogP contribution in [0.15, 0.2) is 54.7 Å². The van der Waals surface area contributed by atoms with Crippen LogP contribution < -0.4 is 10.1 Å². The molecule has 1 amide bonds. The molecule has 0 atom stereocenters. The van der Waals surface area contributed by atoms with Crippen molar-refractivity contribution in [2.24, 2.45) is 0 Å². The van der Waals surface area contributed by atoms with Gasteiger partial charge in [-0.3, -0.25) is 9.48 Å². The van der Waals surface area contributed by atoms with Gasteiger partial charge in [-0.2, -0.15) is 5.10 Å². The molecule has 0 spiro atoms. The van der Waals surface area contributed by atoms with Crippen molar-refractivity contribution in [1.29, 1.82) is 0 Å². The molecule has 0 unspecified atom stereocenters. The highest BCUT2D eigenvalue weighted by atomic mass is 19.1. The van der Waals surface area contributed by atoms with Gasteiger partial charge in [-0.05, 0) is 24.3 Å². The van der Waals surface area contributed by atoms with E-state index in [2.05, 4.69) is 10.4 Å². The number of hydrogen-bond donors (Lipinski definition) is 1. The first-order chi connectivity index (χ1) is 12.1. The molecule has 25 heavy (non-hydrogen) atoms. The van der Waals surface area contributed by atoms with Crippen LogP contribution in [-0.2, 0) is 6.54 Å². The second-order valence-electron chi connectivity index (χ2n) is 5.26. The van der Waals surface area contributed by atoms with E-state index in [4.69, 9.17) is 4.74 Å². The molecule has 2 aromatic carbocycles. The van der Waals surface area contributed by atoms with Crippen molar-refractivity contribution >= 4 is 11.6 Å². The molecular formula is C18H15F2N3O2. The van der Waals surface area contributed by atoms with Crippen LogP contribution in [0.3, 0.4) is 0 Å². The predicted octanol–water partition coefficient (Wildman–Crippen LogP) is 3.47. The van der Waals surface area contributed by atoms with Crippen LogP contribution in [0.4, 0.5) is 14.5 Å². The van der Waals surface area contributed by atoms with E-state index in [1.54, 1.807) is 18.0 Å². The number of amides is 1. The average molecular weight is 343 g/mol. The molecule has 0 aliphatic heterocycles. The van der Waals surface area contributed by atoms with Gasteiger partial charge in [-0.1, -0.05) is 24.3 Å². The summed E-state index contributed by atoms with van der Waals surface area (Å²) < 4.78 is 34.0. The normalized spacial score (nSPS) is 10.5. The zero-order valence-electron chi connectivity index (χ0n) is 13.4. The molecule has 0 fully saturated rings. The van der Waals surface area contributed by atoms with Gasteiger partial charge in [-0.15, -0.1) is 0 Å². The number of methoxy groups -OCH3 is 1. The van der Waals surface area contributed by atoms with Crippen molar-refractivity contribution in [3.8, 4) is 5.75 Å². The summed E-state index contributed by atoms with van der Waals surface area (Å²) in [6.07, 6.45) is 1.61. The maximum Gasteiger partial charge on any atom is 0.276 e. The lowest BCUT2D eigenvalue weighted by atomic mass is 10.2. The third kappa shape index (κ3) is 3.65. The van der Waals surface area contributed by atoms with Crippen molar-refractivity contribution in [3.63, 3.8) is 0 Å². The third-order valence-corrected chi connectivity index (χ3v) is 3.60. The summed E-state index contributed by atoms with van der Waals surface area (Å²) in [5.74, 6) is -1.68. The number of ether oxygens (including phenoxy) is 1. The highest BCUT2D eigenvalue weighted by Gasteiger charge is 2.15. The minimum Gasteiger partial charge on any atom is -0.496 e. The zero-order chi connectivity index (χ0) is 17.8. The van der Waals surface area contributed by atoms with Gasteiger partial charge in [0.2, 0.25) is 0 Å². The van der Waals surface area contributed by atoms with E-state index in [9.17, 15) is 13.6 Å². The van der Waals surface area contributed by atoms with Gasteiger partial charge >= 0.3 is 0 Å². The monoisotopic (exact) mass is 343 g/mol. The lowest BCUT2D eigenvalue weighted by Gasteiger charge is -2.08. The Morgan fingerprint density at radius 1 is 1.12 bits per heavy atom. The Morgan fingerprint density at radius 2 is 1.84 bits per heavy atom. The Labute approximate surface area is 142 Å². The first-order valence-corrected chi connectivity index (χ1v) is 7.49. The van der Waals surface area contributed by atoms with Crippen molar-refractivity contribution in [3.05, 3.63) is 77.6 Å². The second-order valence-corrected chi connectivity index (χ2v) is 5.26. The molecule has 5 nitrogen and oxygen atoms in total. The van der Waals surface area contributed by atoms with Gasteiger partial charge in [0.05, 0.1) is 13.7 Å². The summed E-state index contributed by atoms with van der Waals surface area (Å²) in [6, 6.07) is 12.3. The number of halogens is 2. The zero-order valence-corrected chi connectivity index (χ0v) is 13.4. The van der Waals surface area contributed by atoms with Crippen LogP contribution in [0.5, 0.6) is 5.75 Å². The molecule has 0 aliphatic carbocycles. The van der Waals surface area contributed by atoms with Crippen LogP contribution in [0.2, 0.25) is 0 Å². The first kappa shape index (κ1) is 16.6. The van der Waals surface area contributed by atoms with Crippen molar-refractivity contribution in [2.75, 3.05) is 12.4 Å². The van der Waals surface area contributed by atoms with E-state index in [0.717, 1.165) is 17.7 Å². The molecule has 128 valence electrons. The number of nitrogens with zero attached hydrogens (tertiary/aromatic N) is 2. The second kappa shape index (κ2) is 7.12. The van der Waals surface area contributed by atoms with Crippen LogP contribution in [0, 0.1) is 11.6 Å². The number of carbonyl (C=O) groups excluding carboxylic acids is 1. The molecular weight excluding hydrogens is 328 g/mol. The largest absolute Gasteiger partial charge is 0.496 e. The van der Waals surface area contributed by atoms with E-state index in [1.807, 2.05) is 24.3 Å². The maximum atomic E-state index is 13.6. The fourth-order valence-electron chi connectivity index (χ4n) is 2.37. The number of aromatic nitrogens is 2. The summed E-state index contributed by atoms with van der Waals surface area (Å²) in [5, 5.41) is 6.35. The molecule has 0 bridgehead atoms. The SMILES string of the molecule is COc1ccccc1Cn1ccc(C(=O)Nc2c(F)cccc2F)n1. The smallest absolute Gasteiger partial charge is 0.276 e. The van der Waals surface area contributed by atoms with E-state index in [1.165, 1.54) is 12.1 Å². The van der Waals surface area contributed by atoms with Gasteiger partial charge in [0, 0.05) is 11.8 Å². The average Bonchev–Trinajstić information content (AvgIpc) is 3.07. The van der Waals surface area contributed by atoms with Gasteiger partial charge in [0.15, 0.2) is 5.69 Å². The van der Waals surface area contributed by atoms with Gasteiger partial charge < -0.3 is 10.1 Å². The number of anilines is 1. The molecule has 3 rings (SSSR count). The van der Waals surface area contributed by atoms with Crippen LogP contribution in [0.25, 0.3) is 0 Å². The molecule has 1 heterocycles. The standard InChI is InChI=1S/C18H15F2N3O2/c1-25-16-8-3-2-5-12(16)11-23-10-9-15(22-23)18(24)21-17-13(19)6-4-7-14(17)20/h2-10H,11H2,1H3,(H,21,24). The number of hydrogen-bond acceptors (Lipinski definition) is 3. The highest BCUT2D eigenvalue weighted by molar-refractivity contribution is 6.02. The molecule has 0 saturated carbocycles. The van der Waals surface area contributed by atoms with Crippen molar-refractivity contribution < 1.29 is 18.3 Å². The van der Waals surface area contributed by atoms with E-state index >= 15 is 0 Å². The van der Waals surface area contributed by atoms with E-state index in [0.29, 0.717) is 12.3 Å². The lowest BCUT2D eigenvalue weighted by Crippen LogP contribution is -2.15. The minimum absolute atomic E-state index is 0.0533. The molecule has 1 aromatic heterocycles. The topological polar surface area (TPSA) is 56.1 Å². The number of nitrogens with one attached hydrogen (secondary N) is 1. The van der Waals surface area contributed by atoms with Crippen LogP contribution in [0.1, 0.15) is 16.1 Å². The molecule has 0 saturated heterocycles. The third-order valence-electron chi connectivity index (χ3n) is 3.60. The fraction of sp³-hybridized carbons (Fsp3) is 0.111. The van der Waals surface area contributed by atoms with Crippen molar-refractivity contribution in [2.45, 2.75) is 6.54 Å². The summed E-state index contributed by atoms with van der Waals surface area (Å²) >= 11 is 0. The number of benzene rings is 2. The number of para-hydroxylation sites is 2. The minimum atomic E-state index is -0.846. The predicted molar refractivity (Wildman–Crippen MR) is 88.6 cm³/mol. The van der Waals surface area contributed by atoms with E-state index < -0.39 is 23.2 Å². The Kier molecular flexibility index (Phi) is 4.74. The van der Waals surface area contributed by atoms with Gasteiger partial charge in [-0.25, -0.2) is 8.78 Å². The van der Waals surface area contributed by atoms with Crippen LogP contribution >= 0.6 is 0 Å². The lowest BCUT2D eigenvalue weighted by molar-refractivity contribution is 0.102. The first-order valence-electron chi connectivity index (χ1n) is 7.49. The Balaban J connectivity index is 1.76. The highest BCUT2D eigenvalue weighted by Crippen LogP contribution is 2.20. The van der Waals surface area contributed by atoms with Crippen LogP contribution in [-0.4, -0.2) is 22.8 Å². The fourth-order valence-corrected chi connectivity index (χ4v) is 2.37. The number of carbonyl (C=O) groups is 1. The molecule has 7 heteroatoms. The summed E-state index contributed by atoms with van der Waals surface area (Å²) in [4.78, 5) is 12.2. The summed E-state index contributed by atoms with van der Waals surface area (Å²) in [7, 11) is 1.57. The van der Waals surface area contributed by atoms with Gasteiger partial charge in [0.1, 0.15) is 23.1 Å². The maximum absolute atomic E-state index is 13.6. The molecule has 0 radical (unpaired) electrons. The Bertz CT molecular complexity index is 889. The molecule has 0 aliphatic rings. The van der Waals surface area contributed by atoms with Crippen molar-refractivity contribution in [1.82, 2.24) is 9.78 Å². The van der Waals surface area contributed by atoms with Gasteiger partial charge in [0.25, 0.3) is 5.91 Å². The Morgan fingerprint density at radius 3 is 2.56 bits per heavy atom. The quantitative estimate of drug-likeness (QED) is 0.772. The molecule has 3 aromatic rings. The van der Waals surface area contributed by atoms with E-state index in [-0.39, 0.29) is 5.69 Å². The molecule has 1 N–H and O–H groups in total. The summed E-state index contributed by atoms with van der Waals surface area (Å²) in [6.45, 7) is 0.394. The Hall–Kier alpha value is -3.22. The summed E-state index contributed by atoms with van der Waals surface area (Å²) in [5.41, 5.74) is 0.449.